The summed E-state index contributed by atoms with van der Waals surface area (Å²) in [6.07, 6.45) is 6.70. The molecule has 0 saturated carbocycles. The van der Waals surface area contributed by atoms with Crippen LogP contribution in [0.2, 0.25) is 0 Å². The average Bonchev–Trinajstić information content (AvgIpc) is 2.99. The van der Waals surface area contributed by atoms with Crippen LogP contribution >= 0.6 is 0 Å². The Hall–Kier alpha value is -3.00. The number of hydrogen-bond acceptors (Lipinski definition) is 8. The van der Waals surface area contributed by atoms with Crippen LogP contribution in [-0.2, 0) is 4.74 Å². The van der Waals surface area contributed by atoms with Gasteiger partial charge in [0.15, 0.2) is 0 Å². The first-order valence-corrected chi connectivity index (χ1v) is 7.94. The third-order valence-electron chi connectivity index (χ3n) is 3.88. The summed E-state index contributed by atoms with van der Waals surface area (Å²) in [5.41, 5.74) is 2.03. The van der Waals surface area contributed by atoms with Crippen LogP contribution in [0.3, 0.4) is 0 Å². The highest BCUT2D eigenvalue weighted by atomic mass is 16.6. The van der Waals surface area contributed by atoms with Gasteiger partial charge < -0.3 is 19.9 Å². The highest BCUT2D eigenvalue weighted by molar-refractivity contribution is 5.84. The molecule has 0 radical (unpaired) electrons. The molecule has 0 bridgehead atoms. The molecule has 2 aliphatic heterocycles. The van der Waals surface area contributed by atoms with Crippen molar-refractivity contribution in [3.8, 4) is 5.75 Å². The smallest absolute Gasteiger partial charge is 0.138 e. The SMILES string of the molecule is CCOC1=CN([O-])N(C2=CC(C)(C)Oc3cc4nonc4cc32)C=C1. The molecule has 8 heteroatoms. The largest absolute Gasteiger partial charge is 0.739 e. The summed E-state index contributed by atoms with van der Waals surface area (Å²) in [5, 5.41) is 22.5. The zero-order chi connectivity index (χ0) is 17.6. The lowest BCUT2D eigenvalue weighted by atomic mass is 9.98. The van der Waals surface area contributed by atoms with Gasteiger partial charge in [0.1, 0.15) is 28.1 Å². The number of allylic oxidation sites excluding steroid dienone is 1. The van der Waals surface area contributed by atoms with E-state index in [1.807, 2.05) is 26.8 Å². The monoisotopic (exact) mass is 341 g/mol. The van der Waals surface area contributed by atoms with E-state index in [-0.39, 0.29) is 0 Å². The second-order valence-electron chi connectivity index (χ2n) is 6.26. The second kappa shape index (κ2) is 5.52. The van der Waals surface area contributed by atoms with Gasteiger partial charge in [-0.25, -0.2) is 4.63 Å². The van der Waals surface area contributed by atoms with E-state index in [1.54, 1.807) is 24.4 Å². The predicted molar refractivity (Wildman–Crippen MR) is 90.4 cm³/mol. The zero-order valence-electron chi connectivity index (χ0n) is 14.1. The summed E-state index contributed by atoms with van der Waals surface area (Å²) in [7, 11) is 0. The van der Waals surface area contributed by atoms with Gasteiger partial charge in [0.05, 0.1) is 18.5 Å². The lowest BCUT2D eigenvalue weighted by Gasteiger charge is -2.44. The van der Waals surface area contributed by atoms with Crippen molar-refractivity contribution < 1.29 is 14.1 Å². The van der Waals surface area contributed by atoms with Gasteiger partial charge in [0, 0.05) is 17.8 Å². The number of hydrogen-bond donors (Lipinski definition) is 0. The van der Waals surface area contributed by atoms with Crippen molar-refractivity contribution in [2.75, 3.05) is 6.61 Å². The topological polar surface area (TPSA) is 86.9 Å². The summed E-state index contributed by atoms with van der Waals surface area (Å²) in [6, 6.07) is 3.56. The molecule has 1 aromatic heterocycles. The molecule has 4 rings (SSSR count). The van der Waals surface area contributed by atoms with Gasteiger partial charge in [-0.15, -0.1) is 0 Å². The summed E-state index contributed by atoms with van der Waals surface area (Å²) in [5.74, 6) is 1.13. The lowest BCUT2D eigenvalue weighted by molar-refractivity contribution is 0.142. The first-order valence-electron chi connectivity index (χ1n) is 7.94. The molecule has 2 aromatic rings. The van der Waals surface area contributed by atoms with Gasteiger partial charge in [-0.05, 0) is 49.3 Å². The van der Waals surface area contributed by atoms with Gasteiger partial charge in [0.2, 0.25) is 0 Å². The molecule has 1 aromatic carbocycles. The van der Waals surface area contributed by atoms with Crippen LogP contribution in [0.5, 0.6) is 5.75 Å². The van der Waals surface area contributed by atoms with Crippen molar-refractivity contribution in [3.05, 3.63) is 53.2 Å². The molecule has 0 spiro atoms. The van der Waals surface area contributed by atoms with Crippen molar-refractivity contribution in [2.24, 2.45) is 0 Å². The number of aromatic nitrogens is 2. The fourth-order valence-corrected chi connectivity index (χ4v) is 2.87. The molecule has 0 saturated heterocycles. The first kappa shape index (κ1) is 15.5. The number of ether oxygens (including phenoxy) is 2. The standard InChI is InChI=1S/C17H17N4O4/c1-4-23-11-5-6-20(21(22)10-11)15-9-17(2,3)24-16-8-14-13(7-12(15)16)18-25-19-14/h5-10H,4H2,1-3H3/q-1. The first-order chi connectivity index (χ1) is 12.0. The number of nitrogens with zero attached hydrogens (tertiary/aromatic N) is 4. The third-order valence-corrected chi connectivity index (χ3v) is 3.88. The van der Waals surface area contributed by atoms with E-state index in [4.69, 9.17) is 14.1 Å². The minimum absolute atomic E-state index is 0.494. The lowest BCUT2D eigenvalue weighted by Crippen LogP contribution is -2.37. The Kier molecular flexibility index (Phi) is 3.43. The van der Waals surface area contributed by atoms with Gasteiger partial charge in [0.25, 0.3) is 0 Å². The molecule has 0 unspecified atom stereocenters. The van der Waals surface area contributed by atoms with Crippen LogP contribution in [0, 0.1) is 5.21 Å². The van der Waals surface area contributed by atoms with Crippen LogP contribution in [-0.4, -0.2) is 32.7 Å². The van der Waals surface area contributed by atoms with E-state index in [1.165, 1.54) is 11.2 Å². The van der Waals surface area contributed by atoms with Crippen molar-refractivity contribution in [1.29, 1.82) is 0 Å². The fraction of sp³-hybridized carbons (Fsp3) is 0.294. The predicted octanol–water partition coefficient (Wildman–Crippen LogP) is 3.16. The summed E-state index contributed by atoms with van der Waals surface area (Å²) >= 11 is 0. The molecular weight excluding hydrogens is 324 g/mol. The van der Waals surface area contributed by atoms with Crippen LogP contribution in [0.4, 0.5) is 0 Å². The molecule has 0 N–H and O–H groups in total. The molecule has 0 atom stereocenters. The quantitative estimate of drug-likeness (QED) is 0.841. The molecular formula is C17H17N4O4-. The Bertz CT molecular complexity index is 913. The summed E-state index contributed by atoms with van der Waals surface area (Å²) in [6.45, 7) is 6.21. The van der Waals surface area contributed by atoms with Crippen molar-refractivity contribution in [1.82, 2.24) is 20.5 Å². The second-order valence-corrected chi connectivity index (χ2v) is 6.26. The fourth-order valence-electron chi connectivity index (χ4n) is 2.87. The van der Waals surface area contributed by atoms with E-state index >= 15 is 0 Å². The maximum absolute atomic E-state index is 12.5. The van der Waals surface area contributed by atoms with Crippen molar-refractivity contribution in [3.63, 3.8) is 0 Å². The highest BCUT2D eigenvalue weighted by Gasteiger charge is 2.31. The summed E-state index contributed by atoms with van der Waals surface area (Å²) in [4.78, 5) is 0. The van der Waals surface area contributed by atoms with Gasteiger partial charge in [-0.3, -0.25) is 5.01 Å². The van der Waals surface area contributed by atoms with Gasteiger partial charge >= 0.3 is 0 Å². The van der Waals surface area contributed by atoms with Crippen molar-refractivity contribution >= 4 is 16.7 Å². The zero-order valence-corrected chi connectivity index (χ0v) is 14.1. The van der Waals surface area contributed by atoms with Crippen molar-refractivity contribution in [2.45, 2.75) is 26.4 Å². The number of hydroxylamine groups is 1. The molecule has 8 nitrogen and oxygen atoms in total. The Morgan fingerprint density at radius 3 is 2.72 bits per heavy atom. The van der Waals surface area contributed by atoms with E-state index in [9.17, 15) is 5.21 Å². The van der Waals surface area contributed by atoms with E-state index < -0.39 is 5.60 Å². The molecule has 130 valence electrons. The Morgan fingerprint density at radius 2 is 2.00 bits per heavy atom. The Balaban J connectivity index is 1.79. The number of rotatable bonds is 3. The summed E-state index contributed by atoms with van der Waals surface area (Å²) < 4.78 is 16.2. The minimum Gasteiger partial charge on any atom is -0.739 e. The van der Waals surface area contributed by atoms with Crippen LogP contribution < -0.4 is 4.74 Å². The third kappa shape index (κ3) is 2.70. The maximum Gasteiger partial charge on any atom is 0.138 e. The van der Waals surface area contributed by atoms with Gasteiger partial charge in [-0.1, -0.05) is 0 Å². The Labute approximate surface area is 144 Å². The maximum atomic E-state index is 12.5. The Morgan fingerprint density at radius 1 is 1.24 bits per heavy atom. The van der Waals surface area contributed by atoms with Crippen LogP contribution in [0.15, 0.2) is 47.1 Å². The highest BCUT2D eigenvalue weighted by Crippen LogP contribution is 2.40. The van der Waals surface area contributed by atoms with E-state index in [2.05, 4.69) is 10.3 Å². The molecule has 3 heterocycles. The normalized spacial score (nSPS) is 18.6. The molecule has 2 aliphatic rings. The number of benzene rings is 1. The number of hydrazine groups is 1. The van der Waals surface area contributed by atoms with Crippen LogP contribution in [0.1, 0.15) is 26.3 Å². The average molecular weight is 341 g/mol. The van der Waals surface area contributed by atoms with E-state index in [0.717, 1.165) is 10.7 Å². The van der Waals surface area contributed by atoms with Gasteiger partial charge in [-0.2, -0.15) is 0 Å². The minimum atomic E-state index is -0.592. The molecule has 0 fully saturated rings. The van der Waals surface area contributed by atoms with Crippen LogP contribution in [0.25, 0.3) is 16.7 Å². The molecule has 0 amide bonds. The molecule has 0 aliphatic carbocycles. The van der Waals surface area contributed by atoms with E-state index in [0.29, 0.717) is 34.8 Å². The number of fused-ring (bicyclic) bond motifs is 2. The molecule has 25 heavy (non-hydrogen) atoms.